The Morgan fingerprint density at radius 2 is 2.07 bits per heavy atom. The molecule has 0 spiro atoms. The van der Waals surface area contributed by atoms with Gasteiger partial charge in [0.05, 0.1) is 16.9 Å². The van der Waals surface area contributed by atoms with Crippen LogP contribution in [0.5, 0.6) is 0 Å². The average Bonchev–Trinajstić information content (AvgIpc) is 3.17. The fraction of sp³-hybridized carbons (Fsp3) is 0.211. The summed E-state index contributed by atoms with van der Waals surface area (Å²) in [5.74, 6) is -2.13. The summed E-state index contributed by atoms with van der Waals surface area (Å²) in [4.78, 5) is 37.5. The predicted octanol–water partition coefficient (Wildman–Crippen LogP) is 3.70. The Labute approximate surface area is 167 Å². The molecule has 2 heterocycles. The van der Waals surface area contributed by atoms with Crippen molar-refractivity contribution < 1.29 is 32.3 Å². The first-order valence-corrected chi connectivity index (χ1v) is 9.33. The molecule has 0 saturated heterocycles. The van der Waals surface area contributed by atoms with Crippen LogP contribution in [0.1, 0.15) is 18.1 Å². The number of alkyl halides is 3. The van der Waals surface area contributed by atoms with Gasteiger partial charge in [-0.15, -0.1) is 0 Å². The minimum absolute atomic E-state index is 0.0966. The summed E-state index contributed by atoms with van der Waals surface area (Å²) in [6.07, 6.45) is -3.14. The molecule has 0 saturated carbocycles. The van der Waals surface area contributed by atoms with Crippen LogP contribution < -0.4 is 10.2 Å². The number of halogens is 3. The van der Waals surface area contributed by atoms with Crippen molar-refractivity contribution >= 4 is 46.6 Å². The van der Waals surface area contributed by atoms with Crippen molar-refractivity contribution in [2.24, 2.45) is 0 Å². The Morgan fingerprint density at radius 3 is 2.72 bits per heavy atom. The molecular weight excluding hydrogens is 409 g/mol. The highest BCUT2D eigenvalue weighted by Gasteiger charge is 2.35. The molecule has 0 aliphatic carbocycles. The van der Waals surface area contributed by atoms with Crippen molar-refractivity contribution in [3.05, 3.63) is 52.2 Å². The molecule has 152 valence electrons. The molecule has 1 aromatic heterocycles. The summed E-state index contributed by atoms with van der Waals surface area (Å²) >= 11 is 1.45. The summed E-state index contributed by atoms with van der Waals surface area (Å²) < 4.78 is 43.8. The normalized spacial score (nSPS) is 15.0. The molecule has 1 aliphatic heterocycles. The van der Waals surface area contributed by atoms with Gasteiger partial charge in [-0.05, 0) is 53.6 Å². The van der Waals surface area contributed by atoms with Gasteiger partial charge in [0.15, 0.2) is 6.10 Å². The Hall–Kier alpha value is -3.14. The fourth-order valence-corrected chi connectivity index (χ4v) is 3.31. The molecule has 1 N–H and O–H groups in total. The zero-order valence-corrected chi connectivity index (χ0v) is 15.8. The molecule has 1 aromatic carbocycles. The first-order chi connectivity index (χ1) is 13.6. The number of amides is 2. The van der Waals surface area contributed by atoms with Gasteiger partial charge in [-0.1, -0.05) is 0 Å². The zero-order chi connectivity index (χ0) is 21.2. The number of carbonyl (C=O) groups is 3. The monoisotopic (exact) mass is 424 g/mol. The molecular formula is C19H15F3N2O4S. The van der Waals surface area contributed by atoms with Crippen molar-refractivity contribution in [1.82, 2.24) is 0 Å². The van der Waals surface area contributed by atoms with Crippen LogP contribution in [-0.4, -0.2) is 30.4 Å². The van der Waals surface area contributed by atoms with Gasteiger partial charge in [0.1, 0.15) is 6.54 Å². The third kappa shape index (κ3) is 4.83. The van der Waals surface area contributed by atoms with Gasteiger partial charge in [-0.3, -0.25) is 14.5 Å². The minimum atomic E-state index is -4.59. The van der Waals surface area contributed by atoms with Crippen molar-refractivity contribution in [1.29, 1.82) is 0 Å². The molecule has 0 bridgehead atoms. The highest BCUT2D eigenvalue weighted by atomic mass is 32.1. The molecule has 0 radical (unpaired) electrons. The molecule has 10 heteroatoms. The van der Waals surface area contributed by atoms with Crippen molar-refractivity contribution in [2.75, 3.05) is 16.8 Å². The molecule has 29 heavy (non-hydrogen) atoms. The topological polar surface area (TPSA) is 75.7 Å². The summed E-state index contributed by atoms with van der Waals surface area (Å²) in [6, 6.07) is 4.46. The molecule has 1 unspecified atom stereocenters. The zero-order valence-electron chi connectivity index (χ0n) is 15.0. The molecule has 2 aromatic rings. The van der Waals surface area contributed by atoms with Gasteiger partial charge in [0.2, 0.25) is 5.91 Å². The van der Waals surface area contributed by atoms with E-state index in [1.807, 2.05) is 10.8 Å². The maximum absolute atomic E-state index is 12.9. The van der Waals surface area contributed by atoms with E-state index in [-0.39, 0.29) is 11.4 Å². The maximum Gasteiger partial charge on any atom is 0.416 e. The summed E-state index contributed by atoms with van der Waals surface area (Å²) in [5, 5.41) is 5.97. The van der Waals surface area contributed by atoms with Crippen LogP contribution in [0, 0.1) is 0 Å². The van der Waals surface area contributed by atoms with Gasteiger partial charge < -0.3 is 10.1 Å². The lowest BCUT2D eigenvalue weighted by Crippen LogP contribution is -2.47. The number of esters is 1. The second-order valence-corrected chi connectivity index (χ2v) is 6.95. The molecule has 1 atom stereocenters. The number of anilines is 2. The Kier molecular flexibility index (Phi) is 5.73. The van der Waals surface area contributed by atoms with Gasteiger partial charge in [-0.2, -0.15) is 24.5 Å². The average molecular weight is 424 g/mol. The number of thiophene rings is 1. The number of ether oxygens (including phenoxy) is 1. The summed E-state index contributed by atoms with van der Waals surface area (Å²) in [6.45, 7) is 0.929. The second-order valence-electron chi connectivity index (χ2n) is 6.17. The van der Waals surface area contributed by atoms with Crippen LogP contribution in [0.25, 0.3) is 6.08 Å². The maximum atomic E-state index is 12.9. The van der Waals surface area contributed by atoms with E-state index in [9.17, 15) is 27.6 Å². The Balaban J connectivity index is 1.75. The van der Waals surface area contributed by atoms with Crippen LogP contribution >= 0.6 is 11.3 Å². The van der Waals surface area contributed by atoms with E-state index < -0.39 is 42.2 Å². The number of nitrogens with zero attached hydrogens (tertiary/aromatic N) is 1. The van der Waals surface area contributed by atoms with Gasteiger partial charge in [-0.25, -0.2) is 4.79 Å². The van der Waals surface area contributed by atoms with E-state index in [4.69, 9.17) is 4.74 Å². The molecule has 0 fully saturated rings. The molecule has 3 rings (SSSR count). The second kappa shape index (κ2) is 8.08. The summed E-state index contributed by atoms with van der Waals surface area (Å²) in [5.41, 5.74) is -0.198. The molecule has 2 amide bonds. The van der Waals surface area contributed by atoms with E-state index in [0.717, 1.165) is 34.7 Å². The fourth-order valence-electron chi connectivity index (χ4n) is 2.68. The van der Waals surface area contributed by atoms with E-state index in [1.54, 1.807) is 6.07 Å². The predicted molar refractivity (Wildman–Crippen MR) is 101 cm³/mol. The molecule has 1 aliphatic rings. The number of rotatable bonds is 4. The first kappa shape index (κ1) is 20.6. The standard InChI is InChI=1S/C19H15F3N2O4S/c1-11(28-17(26)5-2-12-6-7-29-10-12)18(27)24-9-16(25)23-14-8-13(19(20,21)22)3-4-15(14)24/h2-8,10-11H,9H2,1H3,(H,23,25)/b5-2+. The van der Waals surface area contributed by atoms with Crippen LogP contribution in [-0.2, 0) is 25.3 Å². The number of carbonyl (C=O) groups excluding carboxylic acids is 3. The van der Waals surface area contributed by atoms with Crippen LogP contribution in [0.4, 0.5) is 24.5 Å². The minimum Gasteiger partial charge on any atom is -0.449 e. The SMILES string of the molecule is CC(OC(=O)/C=C/c1ccsc1)C(=O)N1CC(=O)Nc2cc(C(F)(F)F)ccc21. The van der Waals surface area contributed by atoms with E-state index in [1.165, 1.54) is 24.3 Å². The van der Waals surface area contributed by atoms with Crippen molar-refractivity contribution in [2.45, 2.75) is 19.2 Å². The van der Waals surface area contributed by atoms with E-state index in [2.05, 4.69) is 5.32 Å². The number of hydrogen-bond donors (Lipinski definition) is 1. The number of fused-ring (bicyclic) bond motifs is 1. The summed E-state index contributed by atoms with van der Waals surface area (Å²) in [7, 11) is 0. The number of benzene rings is 1. The Bertz CT molecular complexity index is 970. The number of nitrogens with one attached hydrogen (secondary N) is 1. The lowest BCUT2D eigenvalue weighted by molar-refractivity contribution is -0.149. The quantitative estimate of drug-likeness (QED) is 0.600. The lowest BCUT2D eigenvalue weighted by Gasteiger charge is -2.31. The Morgan fingerprint density at radius 1 is 1.31 bits per heavy atom. The van der Waals surface area contributed by atoms with Crippen LogP contribution in [0.2, 0.25) is 0 Å². The van der Waals surface area contributed by atoms with E-state index >= 15 is 0 Å². The van der Waals surface area contributed by atoms with Crippen molar-refractivity contribution in [3.8, 4) is 0 Å². The van der Waals surface area contributed by atoms with Gasteiger partial charge in [0, 0.05) is 6.08 Å². The largest absolute Gasteiger partial charge is 0.449 e. The van der Waals surface area contributed by atoms with Crippen LogP contribution in [0.3, 0.4) is 0 Å². The van der Waals surface area contributed by atoms with Crippen LogP contribution in [0.15, 0.2) is 41.1 Å². The van der Waals surface area contributed by atoms with Crippen molar-refractivity contribution in [3.63, 3.8) is 0 Å². The third-order valence-corrected chi connectivity index (χ3v) is 4.75. The van der Waals surface area contributed by atoms with Gasteiger partial charge in [0.25, 0.3) is 5.91 Å². The lowest BCUT2D eigenvalue weighted by atomic mass is 10.1. The van der Waals surface area contributed by atoms with Gasteiger partial charge >= 0.3 is 12.1 Å². The number of hydrogen-bond acceptors (Lipinski definition) is 5. The molecule has 6 nitrogen and oxygen atoms in total. The smallest absolute Gasteiger partial charge is 0.416 e. The highest BCUT2D eigenvalue weighted by Crippen LogP contribution is 2.37. The third-order valence-electron chi connectivity index (χ3n) is 4.05. The van der Waals surface area contributed by atoms with E-state index in [0.29, 0.717) is 0 Å². The highest BCUT2D eigenvalue weighted by molar-refractivity contribution is 7.08. The first-order valence-electron chi connectivity index (χ1n) is 8.38.